The molecule has 1 saturated heterocycles. The molecule has 9 heteroatoms. The molecule has 0 radical (unpaired) electrons. The third-order valence-electron chi connectivity index (χ3n) is 6.62. The van der Waals surface area contributed by atoms with Gasteiger partial charge in [0.25, 0.3) is 5.91 Å². The molecule has 38 heavy (non-hydrogen) atoms. The average Bonchev–Trinajstić information content (AvgIpc) is 2.92. The quantitative estimate of drug-likeness (QED) is 0.486. The van der Waals surface area contributed by atoms with E-state index in [4.69, 9.17) is 18.9 Å². The minimum Gasteiger partial charge on any atom is -0.493 e. The summed E-state index contributed by atoms with van der Waals surface area (Å²) in [7, 11) is 1.39. The number of benzene rings is 1. The van der Waals surface area contributed by atoms with Crippen molar-refractivity contribution in [2.75, 3.05) is 13.7 Å². The van der Waals surface area contributed by atoms with E-state index in [1.807, 2.05) is 25.1 Å². The molecule has 0 bridgehead atoms. The first-order valence-corrected chi connectivity index (χ1v) is 13.1. The fourth-order valence-corrected chi connectivity index (χ4v) is 4.59. The monoisotopic (exact) mass is 526 g/mol. The van der Waals surface area contributed by atoms with Gasteiger partial charge < -0.3 is 24.3 Å². The summed E-state index contributed by atoms with van der Waals surface area (Å²) in [5.41, 5.74) is 0.981. The lowest BCUT2D eigenvalue weighted by Gasteiger charge is -2.31. The van der Waals surface area contributed by atoms with Crippen LogP contribution in [0.2, 0.25) is 0 Å². The zero-order valence-corrected chi connectivity index (χ0v) is 22.8. The molecule has 1 N–H and O–H groups in total. The minimum atomic E-state index is -0.968. The van der Waals surface area contributed by atoms with Gasteiger partial charge in [0.15, 0.2) is 11.4 Å². The van der Waals surface area contributed by atoms with E-state index in [1.54, 1.807) is 0 Å². The largest absolute Gasteiger partial charge is 0.493 e. The molecule has 2 aromatic rings. The van der Waals surface area contributed by atoms with Crippen LogP contribution in [0.4, 0.5) is 0 Å². The molecule has 0 aliphatic carbocycles. The highest BCUT2D eigenvalue weighted by Gasteiger charge is 2.35. The maximum Gasteiger partial charge on any atom is 0.329 e. The van der Waals surface area contributed by atoms with Crippen LogP contribution in [-0.2, 0) is 25.5 Å². The highest BCUT2D eigenvalue weighted by molar-refractivity contribution is 5.98. The molecule has 1 fully saturated rings. The van der Waals surface area contributed by atoms with Crippen molar-refractivity contribution in [3.8, 4) is 11.5 Å². The molecule has 4 atom stereocenters. The number of ether oxygens (including phenoxy) is 4. The second-order valence-electron chi connectivity index (χ2n) is 9.98. The number of hydrogen-bond acceptors (Lipinski definition) is 8. The summed E-state index contributed by atoms with van der Waals surface area (Å²) in [5.74, 6) is -1.31. The Kier molecular flexibility index (Phi) is 10.6. The number of nitrogens with zero attached hydrogens (tertiary/aromatic N) is 1. The van der Waals surface area contributed by atoms with E-state index in [1.165, 1.54) is 26.3 Å². The number of aromatic nitrogens is 1. The average molecular weight is 527 g/mol. The second-order valence-corrected chi connectivity index (χ2v) is 9.98. The Bertz CT molecular complexity index is 1090. The Morgan fingerprint density at radius 2 is 1.92 bits per heavy atom. The molecule has 1 amide bonds. The lowest BCUT2D eigenvalue weighted by atomic mass is 9.86. The molecule has 0 saturated carbocycles. The van der Waals surface area contributed by atoms with Gasteiger partial charge in [0, 0.05) is 38.1 Å². The van der Waals surface area contributed by atoms with Gasteiger partial charge in [-0.25, -0.2) is 9.78 Å². The fraction of sp³-hybridized carbons (Fsp3) is 0.517. The number of hydrogen-bond donors (Lipinski definition) is 1. The molecule has 206 valence electrons. The maximum atomic E-state index is 13.2. The van der Waals surface area contributed by atoms with Gasteiger partial charge in [0.2, 0.25) is 5.75 Å². The maximum absolute atomic E-state index is 13.2. The number of pyridine rings is 1. The van der Waals surface area contributed by atoms with Crippen molar-refractivity contribution in [2.45, 2.75) is 71.6 Å². The highest BCUT2D eigenvalue weighted by Crippen LogP contribution is 2.31. The molecular formula is C29H38N2O7. The first-order valence-electron chi connectivity index (χ1n) is 13.1. The van der Waals surface area contributed by atoms with E-state index < -0.39 is 30.0 Å². The first-order chi connectivity index (χ1) is 18.2. The van der Waals surface area contributed by atoms with E-state index in [2.05, 4.69) is 36.3 Å². The molecule has 0 spiro atoms. The molecule has 1 aromatic carbocycles. The molecular weight excluding hydrogens is 488 g/mol. The smallest absolute Gasteiger partial charge is 0.329 e. The Morgan fingerprint density at radius 1 is 1.18 bits per heavy atom. The number of amides is 1. The summed E-state index contributed by atoms with van der Waals surface area (Å²) in [6, 6.07) is 10.6. The molecule has 3 rings (SSSR count). The van der Waals surface area contributed by atoms with Gasteiger partial charge in [-0.2, -0.15) is 0 Å². The van der Waals surface area contributed by atoms with Crippen LogP contribution in [0.5, 0.6) is 11.5 Å². The molecule has 1 aliphatic heterocycles. The van der Waals surface area contributed by atoms with E-state index in [-0.39, 0.29) is 42.2 Å². The number of nitrogens with one attached hydrogen (secondary N) is 1. The first kappa shape index (κ1) is 29.1. The van der Waals surface area contributed by atoms with Crippen LogP contribution in [0.25, 0.3) is 0 Å². The van der Waals surface area contributed by atoms with Crippen LogP contribution in [-0.4, -0.2) is 54.8 Å². The van der Waals surface area contributed by atoms with Crippen molar-refractivity contribution < 1.29 is 33.3 Å². The molecule has 2 heterocycles. The normalized spacial score (nSPS) is 22.0. The SMILES string of the molecule is COc1ccnc(C(=O)N[C@H]2CCO[C@H](Cc3ccccc3)[C@@H](CCC(C)C)[C@H](C)OC2=O)c1OC(C)=O. The summed E-state index contributed by atoms with van der Waals surface area (Å²) in [5, 5.41) is 2.69. The van der Waals surface area contributed by atoms with Crippen LogP contribution in [0, 0.1) is 11.8 Å². The predicted octanol–water partition coefficient (Wildman–Crippen LogP) is 4.13. The van der Waals surface area contributed by atoms with Crippen molar-refractivity contribution in [1.82, 2.24) is 10.3 Å². The summed E-state index contributed by atoms with van der Waals surface area (Å²) in [4.78, 5) is 42.1. The van der Waals surface area contributed by atoms with Gasteiger partial charge in [0.1, 0.15) is 12.1 Å². The van der Waals surface area contributed by atoms with Crippen molar-refractivity contribution in [3.05, 3.63) is 53.9 Å². The van der Waals surface area contributed by atoms with Crippen LogP contribution >= 0.6 is 0 Å². The Morgan fingerprint density at radius 3 is 2.58 bits per heavy atom. The lowest BCUT2D eigenvalue weighted by molar-refractivity contribution is -0.154. The van der Waals surface area contributed by atoms with Crippen molar-refractivity contribution in [3.63, 3.8) is 0 Å². The standard InChI is InChI=1S/C29H38N2O7/c1-18(2)11-12-22-19(3)37-29(34)23(14-16-36-25(22)17-21-9-7-6-8-10-21)31-28(33)26-27(38-20(4)32)24(35-5)13-15-30-26/h6-10,13,15,18-19,22-23,25H,11-12,14,16-17H2,1-5H3,(H,31,33)/t19-,22-,23-,25+/m0/s1. The van der Waals surface area contributed by atoms with Gasteiger partial charge in [-0.05, 0) is 31.2 Å². The molecule has 1 aliphatic rings. The van der Waals surface area contributed by atoms with E-state index in [9.17, 15) is 14.4 Å². The third kappa shape index (κ3) is 8.02. The van der Waals surface area contributed by atoms with Crippen LogP contribution < -0.4 is 14.8 Å². The highest BCUT2D eigenvalue weighted by atomic mass is 16.6. The minimum absolute atomic E-state index is 0.00775. The Hall–Kier alpha value is -3.46. The van der Waals surface area contributed by atoms with E-state index >= 15 is 0 Å². The number of methoxy groups -OCH3 is 1. The lowest BCUT2D eigenvalue weighted by Crippen LogP contribution is -2.44. The number of cyclic esters (lactones) is 1. The van der Waals surface area contributed by atoms with Crippen LogP contribution in [0.15, 0.2) is 42.6 Å². The molecule has 1 aromatic heterocycles. The summed E-state index contributed by atoms with van der Waals surface area (Å²) >= 11 is 0. The van der Waals surface area contributed by atoms with Gasteiger partial charge in [-0.3, -0.25) is 9.59 Å². The van der Waals surface area contributed by atoms with Crippen molar-refractivity contribution >= 4 is 17.8 Å². The zero-order valence-electron chi connectivity index (χ0n) is 22.8. The van der Waals surface area contributed by atoms with E-state index in [0.717, 1.165) is 18.4 Å². The molecule has 0 unspecified atom stereocenters. The third-order valence-corrected chi connectivity index (χ3v) is 6.62. The molecule has 9 nitrogen and oxygen atoms in total. The summed E-state index contributed by atoms with van der Waals surface area (Å²) in [6.07, 6.45) is 3.53. The fourth-order valence-electron chi connectivity index (χ4n) is 4.59. The van der Waals surface area contributed by atoms with Crippen LogP contribution in [0.1, 0.15) is 63.0 Å². The summed E-state index contributed by atoms with van der Waals surface area (Å²) in [6.45, 7) is 7.69. The summed E-state index contributed by atoms with van der Waals surface area (Å²) < 4.78 is 22.7. The zero-order chi connectivity index (χ0) is 27.7. The Labute approximate surface area is 224 Å². The Balaban J connectivity index is 1.81. The second kappa shape index (κ2) is 13.9. The number of carbonyl (C=O) groups excluding carboxylic acids is 3. The van der Waals surface area contributed by atoms with Gasteiger partial charge >= 0.3 is 11.9 Å². The predicted molar refractivity (Wildman–Crippen MR) is 141 cm³/mol. The topological polar surface area (TPSA) is 113 Å². The van der Waals surface area contributed by atoms with Gasteiger partial charge in [-0.15, -0.1) is 0 Å². The van der Waals surface area contributed by atoms with Crippen LogP contribution in [0.3, 0.4) is 0 Å². The number of carbonyl (C=O) groups is 3. The number of esters is 2. The van der Waals surface area contributed by atoms with Crippen molar-refractivity contribution in [1.29, 1.82) is 0 Å². The van der Waals surface area contributed by atoms with Gasteiger partial charge in [-0.1, -0.05) is 50.6 Å². The van der Waals surface area contributed by atoms with Crippen molar-refractivity contribution in [2.24, 2.45) is 11.8 Å². The number of rotatable bonds is 9. The van der Waals surface area contributed by atoms with E-state index in [0.29, 0.717) is 12.3 Å². The van der Waals surface area contributed by atoms with Gasteiger partial charge in [0.05, 0.1) is 13.2 Å².